The van der Waals surface area contributed by atoms with Gasteiger partial charge in [-0.3, -0.25) is 4.57 Å². The molecule has 9 heteroatoms. The lowest BCUT2D eigenvalue weighted by atomic mass is 10.1. The first-order valence-electron chi connectivity index (χ1n) is 7.94. The van der Waals surface area contributed by atoms with Crippen LogP contribution in [0.25, 0.3) is 0 Å². The molecule has 1 heterocycles. The van der Waals surface area contributed by atoms with Crippen molar-refractivity contribution in [2.24, 2.45) is 0 Å². The maximum Gasteiger partial charge on any atom is 0.368 e. The van der Waals surface area contributed by atoms with Crippen molar-refractivity contribution in [3.05, 3.63) is 48.3 Å². The van der Waals surface area contributed by atoms with Gasteiger partial charge in [0.1, 0.15) is 18.5 Å². The van der Waals surface area contributed by atoms with Gasteiger partial charge in [-0.15, -0.1) is 0 Å². The van der Waals surface area contributed by atoms with Crippen LogP contribution in [0.1, 0.15) is 33.3 Å². The fourth-order valence-corrected chi connectivity index (χ4v) is 4.64. The predicted octanol–water partition coefficient (Wildman–Crippen LogP) is 3.31. The van der Waals surface area contributed by atoms with Crippen molar-refractivity contribution in [2.45, 2.75) is 51.8 Å². The molecule has 1 N–H and O–H groups in total. The Morgan fingerprint density at radius 3 is 2.20 bits per heavy atom. The zero-order chi connectivity index (χ0) is 18.7. The van der Waals surface area contributed by atoms with Gasteiger partial charge in [-0.05, 0) is 45.4 Å². The highest BCUT2D eigenvalue weighted by Gasteiger charge is 2.53. The smallest absolute Gasteiger partial charge is 0.368 e. The highest BCUT2D eigenvalue weighted by Crippen LogP contribution is 2.65. The van der Waals surface area contributed by atoms with Gasteiger partial charge in [0.05, 0.1) is 18.8 Å². The maximum absolute atomic E-state index is 13.6. The Balaban J connectivity index is 2.57. The zero-order valence-electron chi connectivity index (χ0n) is 14.7. The molecule has 2 rings (SSSR count). The topological polar surface area (TPSA) is 86.5 Å². The highest BCUT2D eigenvalue weighted by molar-refractivity contribution is 7.55. The lowest BCUT2D eigenvalue weighted by Gasteiger charge is -2.36. The minimum atomic E-state index is -4.09. The van der Waals surface area contributed by atoms with Crippen molar-refractivity contribution >= 4 is 7.60 Å². The molecule has 1 aromatic heterocycles. The second kappa shape index (κ2) is 7.74. The molecule has 1 aromatic carbocycles. The van der Waals surface area contributed by atoms with E-state index in [0.29, 0.717) is 0 Å². The summed E-state index contributed by atoms with van der Waals surface area (Å²) in [6.07, 6.45) is 1.74. The molecule has 0 aliphatic heterocycles. The Morgan fingerprint density at radius 2 is 1.76 bits per heavy atom. The molecule has 2 aromatic rings. The van der Waals surface area contributed by atoms with Gasteiger partial charge >= 0.3 is 7.60 Å². The first kappa shape index (κ1) is 19.7. The van der Waals surface area contributed by atoms with Crippen LogP contribution < -0.4 is 0 Å². The molecule has 0 bridgehead atoms. The van der Waals surface area contributed by atoms with Crippen LogP contribution in [-0.2, 0) is 25.5 Å². The van der Waals surface area contributed by atoms with E-state index >= 15 is 0 Å². The molecule has 138 valence electrons. The summed E-state index contributed by atoms with van der Waals surface area (Å²) >= 11 is 0. The number of rotatable bonds is 8. The minimum Gasteiger partial charge on any atom is -0.372 e. The van der Waals surface area contributed by atoms with Crippen LogP contribution in [0.5, 0.6) is 0 Å². The van der Waals surface area contributed by atoms with Crippen LogP contribution in [-0.4, -0.2) is 32.1 Å². The third kappa shape index (κ3) is 4.52. The lowest BCUT2D eigenvalue weighted by molar-refractivity contribution is 0.0282. The number of hydrogen-bond donors (Lipinski definition) is 1. The van der Waals surface area contributed by atoms with Crippen LogP contribution >= 0.6 is 7.60 Å². The summed E-state index contributed by atoms with van der Waals surface area (Å²) in [5.41, 5.74) is 0.203. The van der Waals surface area contributed by atoms with Crippen LogP contribution in [0.15, 0.2) is 36.9 Å². The number of halogens is 1. The molecule has 7 nitrogen and oxygen atoms in total. The lowest BCUT2D eigenvalue weighted by Crippen LogP contribution is -2.35. The quantitative estimate of drug-likeness (QED) is 0.717. The SMILES string of the molecule is CC(C)OP(=O)(OC(C)C)C(O)(Cn1cncn1)c1ccc(F)cc1. The average molecular weight is 371 g/mol. The van der Waals surface area contributed by atoms with Crippen molar-refractivity contribution in [1.82, 2.24) is 14.8 Å². The van der Waals surface area contributed by atoms with Crippen molar-refractivity contribution in [2.75, 3.05) is 0 Å². The van der Waals surface area contributed by atoms with Crippen LogP contribution in [0.2, 0.25) is 0 Å². The van der Waals surface area contributed by atoms with E-state index in [2.05, 4.69) is 10.1 Å². The number of benzene rings is 1. The molecule has 0 radical (unpaired) electrons. The minimum absolute atomic E-state index is 0.203. The van der Waals surface area contributed by atoms with E-state index in [1.807, 2.05) is 0 Å². The molecule has 0 spiro atoms. The van der Waals surface area contributed by atoms with E-state index < -0.39 is 31.0 Å². The summed E-state index contributed by atoms with van der Waals surface area (Å²) < 4.78 is 39.4. The largest absolute Gasteiger partial charge is 0.372 e. The van der Waals surface area contributed by atoms with E-state index in [4.69, 9.17) is 9.05 Å². The van der Waals surface area contributed by atoms with Crippen molar-refractivity contribution in [3.8, 4) is 0 Å². The highest BCUT2D eigenvalue weighted by atomic mass is 31.2. The van der Waals surface area contributed by atoms with E-state index in [0.717, 1.165) is 0 Å². The summed E-state index contributed by atoms with van der Waals surface area (Å²) in [4.78, 5) is 3.83. The molecule has 0 saturated heterocycles. The van der Waals surface area contributed by atoms with E-state index in [1.165, 1.54) is 41.6 Å². The molecular formula is C16H23FN3O4P. The molecular weight excluding hydrogens is 348 g/mol. The van der Waals surface area contributed by atoms with Crippen molar-refractivity contribution < 1.29 is 23.1 Å². The van der Waals surface area contributed by atoms with Gasteiger partial charge in [0.15, 0.2) is 0 Å². The van der Waals surface area contributed by atoms with Crippen LogP contribution in [0, 0.1) is 5.82 Å². The molecule has 1 atom stereocenters. The molecule has 0 aliphatic carbocycles. The van der Waals surface area contributed by atoms with Gasteiger partial charge in [0.2, 0.25) is 5.34 Å². The van der Waals surface area contributed by atoms with Gasteiger partial charge in [-0.2, -0.15) is 5.10 Å². The summed E-state index contributed by atoms with van der Waals surface area (Å²) in [6, 6.07) is 5.06. The fourth-order valence-electron chi connectivity index (χ4n) is 2.35. The maximum atomic E-state index is 13.6. The number of nitrogens with zero attached hydrogens (tertiary/aromatic N) is 3. The van der Waals surface area contributed by atoms with Crippen molar-refractivity contribution in [3.63, 3.8) is 0 Å². The number of aliphatic hydroxyl groups is 1. The van der Waals surface area contributed by atoms with E-state index in [9.17, 15) is 14.1 Å². The van der Waals surface area contributed by atoms with Gasteiger partial charge in [-0.1, -0.05) is 12.1 Å². The monoisotopic (exact) mass is 371 g/mol. The summed E-state index contributed by atoms with van der Waals surface area (Å²) in [6.45, 7) is 6.54. The molecule has 0 fully saturated rings. The second-order valence-electron chi connectivity index (χ2n) is 6.22. The third-order valence-corrected chi connectivity index (χ3v) is 6.01. The average Bonchev–Trinajstić information content (AvgIpc) is 2.98. The third-order valence-electron chi connectivity index (χ3n) is 3.31. The standard InChI is InChI=1S/C16H23FN3O4P/c1-12(2)23-25(22,24-13(3)4)16(21,9-20-11-18-10-19-20)14-5-7-15(17)8-6-14/h5-8,10-13,21H,9H2,1-4H3. The van der Waals surface area contributed by atoms with Gasteiger partial charge in [-0.25, -0.2) is 14.1 Å². The summed E-state index contributed by atoms with van der Waals surface area (Å²) in [7, 11) is -4.09. The molecule has 0 aliphatic rings. The van der Waals surface area contributed by atoms with Crippen molar-refractivity contribution in [1.29, 1.82) is 0 Å². The normalized spacial score (nSPS) is 14.9. The van der Waals surface area contributed by atoms with E-state index in [-0.39, 0.29) is 12.1 Å². The van der Waals surface area contributed by atoms with E-state index in [1.54, 1.807) is 27.7 Å². The Labute approximate surface area is 146 Å². The Kier molecular flexibility index (Phi) is 6.11. The second-order valence-corrected chi connectivity index (χ2v) is 8.38. The first-order chi connectivity index (χ1) is 11.7. The summed E-state index contributed by atoms with van der Waals surface area (Å²) in [5, 5.41) is 13.3. The summed E-state index contributed by atoms with van der Waals surface area (Å²) in [5.74, 6) is -0.476. The zero-order valence-corrected chi connectivity index (χ0v) is 15.6. The Hall–Kier alpha value is -1.60. The number of aromatic nitrogens is 3. The van der Waals surface area contributed by atoms with Gasteiger partial charge < -0.3 is 14.2 Å². The van der Waals surface area contributed by atoms with Gasteiger partial charge in [0, 0.05) is 0 Å². The molecule has 1 unspecified atom stereocenters. The fraction of sp³-hybridized carbons (Fsp3) is 0.500. The Morgan fingerprint density at radius 1 is 1.20 bits per heavy atom. The van der Waals surface area contributed by atoms with Crippen LogP contribution in [0.3, 0.4) is 0 Å². The molecule has 0 saturated carbocycles. The van der Waals surface area contributed by atoms with Gasteiger partial charge in [0.25, 0.3) is 0 Å². The van der Waals surface area contributed by atoms with Crippen LogP contribution in [0.4, 0.5) is 4.39 Å². The Bertz CT molecular complexity index is 707. The molecule has 0 amide bonds. The molecule has 25 heavy (non-hydrogen) atoms. The first-order valence-corrected chi connectivity index (χ1v) is 9.48. The number of hydrogen-bond acceptors (Lipinski definition) is 6. The predicted molar refractivity (Wildman–Crippen MR) is 90.4 cm³/mol.